The number of nitrogens with zero attached hydrogens (tertiary/aromatic N) is 3. The molecule has 0 radical (unpaired) electrons. The van der Waals surface area contributed by atoms with E-state index in [0.29, 0.717) is 18.4 Å². The van der Waals surface area contributed by atoms with Crippen LogP contribution in [0.5, 0.6) is 0 Å². The van der Waals surface area contributed by atoms with Crippen molar-refractivity contribution in [2.24, 2.45) is 0 Å². The first-order valence-electron chi connectivity index (χ1n) is 7.03. The number of benzene rings is 1. The topological polar surface area (TPSA) is 58.7 Å². The van der Waals surface area contributed by atoms with Crippen molar-refractivity contribution in [2.45, 2.75) is 26.8 Å². The van der Waals surface area contributed by atoms with Gasteiger partial charge in [-0.2, -0.15) is 5.26 Å². The Bertz CT molecular complexity index is 947. The van der Waals surface area contributed by atoms with E-state index in [1.165, 1.54) is 33.4 Å². The SMILES string of the molecule is Cc1ccc(-c2csc3ncn(CCC#N)c(=O)c23)cc1C. The molecule has 2 heterocycles. The van der Waals surface area contributed by atoms with E-state index in [2.05, 4.69) is 37.0 Å². The molecule has 0 bridgehead atoms. The lowest BCUT2D eigenvalue weighted by molar-refractivity contribution is 0.679. The van der Waals surface area contributed by atoms with Crippen LogP contribution in [0.15, 0.2) is 34.7 Å². The van der Waals surface area contributed by atoms with Gasteiger partial charge in [0.1, 0.15) is 4.83 Å². The molecule has 0 atom stereocenters. The van der Waals surface area contributed by atoms with Gasteiger partial charge < -0.3 is 0 Å². The Labute approximate surface area is 132 Å². The summed E-state index contributed by atoms with van der Waals surface area (Å²) in [5, 5.41) is 11.3. The smallest absolute Gasteiger partial charge is 0.262 e. The summed E-state index contributed by atoms with van der Waals surface area (Å²) >= 11 is 1.48. The number of fused-ring (bicyclic) bond motifs is 1. The second-order valence-corrected chi connectivity index (χ2v) is 6.14. The molecule has 4 nitrogen and oxygen atoms in total. The highest BCUT2D eigenvalue weighted by Gasteiger charge is 2.13. The van der Waals surface area contributed by atoms with Crippen molar-refractivity contribution in [1.29, 1.82) is 5.26 Å². The maximum absolute atomic E-state index is 12.7. The predicted molar refractivity (Wildman–Crippen MR) is 89.0 cm³/mol. The molecule has 0 spiro atoms. The van der Waals surface area contributed by atoms with Crippen LogP contribution in [0.4, 0.5) is 0 Å². The molecule has 22 heavy (non-hydrogen) atoms. The van der Waals surface area contributed by atoms with Crippen molar-refractivity contribution in [1.82, 2.24) is 9.55 Å². The monoisotopic (exact) mass is 309 g/mol. The van der Waals surface area contributed by atoms with Crippen molar-refractivity contribution in [3.8, 4) is 17.2 Å². The largest absolute Gasteiger partial charge is 0.298 e. The van der Waals surface area contributed by atoms with E-state index in [9.17, 15) is 4.79 Å². The quantitative estimate of drug-likeness (QED) is 0.742. The summed E-state index contributed by atoms with van der Waals surface area (Å²) in [6.07, 6.45) is 1.83. The zero-order valence-corrected chi connectivity index (χ0v) is 13.3. The number of rotatable bonds is 3. The third kappa shape index (κ3) is 2.42. The van der Waals surface area contributed by atoms with Gasteiger partial charge in [0.25, 0.3) is 5.56 Å². The second-order valence-electron chi connectivity index (χ2n) is 5.28. The number of aromatic nitrogens is 2. The minimum absolute atomic E-state index is 0.0743. The Morgan fingerprint density at radius 2 is 2.14 bits per heavy atom. The Balaban J connectivity index is 2.20. The first-order chi connectivity index (χ1) is 10.6. The molecule has 0 aliphatic carbocycles. The van der Waals surface area contributed by atoms with Crippen molar-refractivity contribution in [3.63, 3.8) is 0 Å². The molecule has 1 aromatic carbocycles. The molecule has 0 aliphatic rings. The first kappa shape index (κ1) is 14.5. The fourth-order valence-corrected chi connectivity index (χ4v) is 3.33. The molecule has 0 saturated carbocycles. The Hall–Kier alpha value is -2.45. The van der Waals surface area contributed by atoms with E-state index in [0.717, 1.165) is 16.0 Å². The van der Waals surface area contributed by atoms with Crippen molar-refractivity contribution in [3.05, 3.63) is 51.4 Å². The second kappa shape index (κ2) is 5.74. The molecular weight excluding hydrogens is 294 g/mol. The standard InChI is InChI=1S/C17H15N3OS/c1-11-4-5-13(8-12(11)2)14-9-22-16-15(14)17(21)20(10-19-16)7-3-6-18/h4-5,8-10H,3,7H2,1-2H3. The number of hydrogen-bond acceptors (Lipinski definition) is 4. The van der Waals surface area contributed by atoms with E-state index in [1.807, 2.05) is 11.4 Å². The van der Waals surface area contributed by atoms with Crippen molar-refractivity contribution >= 4 is 21.6 Å². The van der Waals surface area contributed by atoms with Crippen LogP contribution in [0.2, 0.25) is 0 Å². The first-order valence-corrected chi connectivity index (χ1v) is 7.91. The Morgan fingerprint density at radius 3 is 2.86 bits per heavy atom. The molecule has 5 heteroatoms. The molecule has 0 saturated heterocycles. The number of hydrogen-bond donors (Lipinski definition) is 0. The van der Waals surface area contributed by atoms with Gasteiger partial charge in [-0.25, -0.2) is 4.98 Å². The maximum Gasteiger partial charge on any atom is 0.262 e. The summed E-state index contributed by atoms with van der Waals surface area (Å²) in [5.41, 5.74) is 4.31. The lowest BCUT2D eigenvalue weighted by Gasteiger charge is -2.06. The van der Waals surface area contributed by atoms with Gasteiger partial charge in [-0.1, -0.05) is 18.2 Å². The van der Waals surface area contributed by atoms with Crippen LogP contribution in [-0.4, -0.2) is 9.55 Å². The van der Waals surface area contributed by atoms with Crippen molar-refractivity contribution in [2.75, 3.05) is 0 Å². The molecule has 110 valence electrons. The van der Waals surface area contributed by atoms with E-state index < -0.39 is 0 Å². The molecule has 0 fully saturated rings. The van der Waals surface area contributed by atoms with Gasteiger partial charge in [0.2, 0.25) is 0 Å². The van der Waals surface area contributed by atoms with Gasteiger partial charge in [0.05, 0.1) is 24.2 Å². The van der Waals surface area contributed by atoms with Crippen LogP contribution >= 0.6 is 11.3 Å². The Morgan fingerprint density at radius 1 is 1.32 bits per heavy atom. The molecule has 0 N–H and O–H groups in total. The third-order valence-electron chi connectivity index (χ3n) is 3.84. The number of thiophene rings is 1. The van der Waals surface area contributed by atoms with Gasteiger partial charge in [-0.3, -0.25) is 9.36 Å². The average molecular weight is 309 g/mol. The van der Waals surface area contributed by atoms with Crippen LogP contribution in [0.25, 0.3) is 21.3 Å². The molecule has 0 aliphatic heterocycles. The van der Waals surface area contributed by atoms with E-state index in [1.54, 1.807) is 0 Å². The summed E-state index contributed by atoms with van der Waals surface area (Å²) in [7, 11) is 0. The summed E-state index contributed by atoms with van der Waals surface area (Å²) in [6, 6.07) is 8.27. The lowest BCUT2D eigenvalue weighted by atomic mass is 10.0. The summed E-state index contributed by atoms with van der Waals surface area (Å²) in [4.78, 5) is 17.8. The highest BCUT2D eigenvalue weighted by atomic mass is 32.1. The van der Waals surface area contributed by atoms with Gasteiger partial charge in [-0.15, -0.1) is 11.3 Å². The molecular formula is C17H15N3OS. The molecule has 2 aromatic heterocycles. The molecule has 3 aromatic rings. The van der Waals surface area contributed by atoms with Crippen LogP contribution < -0.4 is 5.56 Å². The highest BCUT2D eigenvalue weighted by Crippen LogP contribution is 2.31. The number of aryl methyl sites for hydroxylation is 3. The fraction of sp³-hybridized carbons (Fsp3) is 0.235. The van der Waals surface area contributed by atoms with Gasteiger partial charge >= 0.3 is 0 Å². The van der Waals surface area contributed by atoms with E-state index in [4.69, 9.17) is 5.26 Å². The van der Waals surface area contributed by atoms with Crippen LogP contribution in [0, 0.1) is 25.2 Å². The maximum atomic E-state index is 12.7. The van der Waals surface area contributed by atoms with Gasteiger partial charge in [0, 0.05) is 17.5 Å². The zero-order valence-electron chi connectivity index (χ0n) is 12.5. The predicted octanol–water partition coefficient (Wildman–Crippen LogP) is 3.66. The number of nitriles is 1. The minimum atomic E-state index is -0.0743. The highest BCUT2D eigenvalue weighted by molar-refractivity contribution is 7.17. The van der Waals surface area contributed by atoms with Gasteiger partial charge in [0.15, 0.2) is 0 Å². The van der Waals surface area contributed by atoms with E-state index >= 15 is 0 Å². The van der Waals surface area contributed by atoms with E-state index in [-0.39, 0.29) is 5.56 Å². The molecule has 0 amide bonds. The zero-order chi connectivity index (χ0) is 15.7. The summed E-state index contributed by atoms with van der Waals surface area (Å²) in [6.45, 7) is 4.51. The molecule has 0 unspecified atom stereocenters. The molecule has 3 rings (SSSR count). The summed E-state index contributed by atoms with van der Waals surface area (Å²) in [5.74, 6) is 0. The lowest BCUT2D eigenvalue weighted by Crippen LogP contribution is -2.20. The Kier molecular flexibility index (Phi) is 3.78. The third-order valence-corrected chi connectivity index (χ3v) is 4.73. The average Bonchev–Trinajstić information content (AvgIpc) is 2.94. The van der Waals surface area contributed by atoms with Gasteiger partial charge in [-0.05, 0) is 30.5 Å². The van der Waals surface area contributed by atoms with Crippen LogP contribution in [0.1, 0.15) is 17.5 Å². The minimum Gasteiger partial charge on any atom is -0.298 e. The fourth-order valence-electron chi connectivity index (χ4n) is 2.42. The normalized spacial score (nSPS) is 10.8. The van der Waals surface area contributed by atoms with Crippen LogP contribution in [-0.2, 0) is 6.54 Å². The van der Waals surface area contributed by atoms with Crippen LogP contribution in [0.3, 0.4) is 0 Å². The van der Waals surface area contributed by atoms with Crippen molar-refractivity contribution < 1.29 is 0 Å². The summed E-state index contributed by atoms with van der Waals surface area (Å²) < 4.78 is 1.52.